The van der Waals surface area contributed by atoms with Crippen molar-refractivity contribution < 1.29 is 0 Å². The van der Waals surface area contributed by atoms with Crippen LogP contribution in [0, 0.1) is 5.92 Å². The maximum absolute atomic E-state index is 6.66. The number of hydrogen-bond acceptors (Lipinski definition) is 0. The first-order valence-corrected chi connectivity index (χ1v) is 11.8. The summed E-state index contributed by atoms with van der Waals surface area (Å²) in [6.07, 6.45) is 14.9. The Morgan fingerprint density at radius 1 is 0.656 bits per heavy atom. The van der Waals surface area contributed by atoms with Gasteiger partial charge in [-0.15, -0.1) is 0 Å². The normalized spacial score (nSPS) is 18.1. The van der Waals surface area contributed by atoms with E-state index >= 15 is 0 Å². The predicted molar refractivity (Wildman–Crippen MR) is 139 cm³/mol. The van der Waals surface area contributed by atoms with Crippen LogP contribution in [0.5, 0.6) is 0 Å². The smallest absolute Gasteiger partial charge is 0.0484 e. The number of rotatable bonds is 4. The van der Waals surface area contributed by atoms with Crippen molar-refractivity contribution >= 4 is 28.3 Å². The number of halogens is 1. The molecular weight excluding hydrogens is 408 g/mol. The molecule has 0 saturated heterocycles. The molecule has 5 rings (SSSR count). The largest absolute Gasteiger partial charge is 0.0837 e. The fraction of sp³-hybridized carbons (Fsp3) is 0.161. The van der Waals surface area contributed by atoms with Gasteiger partial charge in [0.05, 0.1) is 0 Å². The quantitative estimate of drug-likeness (QED) is 0.383. The van der Waals surface area contributed by atoms with Crippen molar-refractivity contribution in [3.05, 3.63) is 125 Å². The summed E-state index contributed by atoms with van der Waals surface area (Å²) in [5.74, 6) is 0.488. The van der Waals surface area contributed by atoms with Gasteiger partial charge in [-0.3, -0.25) is 0 Å². The second-order valence-corrected chi connectivity index (χ2v) is 9.03. The Balaban J connectivity index is 1.67. The first-order chi connectivity index (χ1) is 15.7. The van der Waals surface area contributed by atoms with Crippen LogP contribution in [-0.4, -0.2) is 0 Å². The van der Waals surface area contributed by atoms with Crippen LogP contribution in [0.4, 0.5) is 0 Å². The zero-order chi connectivity index (χ0) is 21.9. The highest BCUT2D eigenvalue weighted by Gasteiger charge is 2.21. The van der Waals surface area contributed by atoms with Crippen LogP contribution in [0.2, 0.25) is 5.02 Å². The molecule has 0 aromatic heterocycles. The van der Waals surface area contributed by atoms with Gasteiger partial charge in [0.1, 0.15) is 0 Å². The molecule has 0 aliphatic heterocycles. The summed E-state index contributed by atoms with van der Waals surface area (Å²) >= 11 is 6.66. The molecule has 158 valence electrons. The van der Waals surface area contributed by atoms with Crippen LogP contribution in [0.25, 0.3) is 27.8 Å². The van der Waals surface area contributed by atoms with E-state index in [1.54, 1.807) is 0 Å². The SMILES string of the molecule is CC1C=C(c2ccccc2Cl)C(c2ccccc2-c2ccccc2C2=CCCC=C2)=CC1. The van der Waals surface area contributed by atoms with E-state index in [0.29, 0.717) is 5.92 Å². The third-order valence-corrected chi connectivity index (χ3v) is 6.67. The van der Waals surface area contributed by atoms with Gasteiger partial charge in [-0.25, -0.2) is 0 Å². The van der Waals surface area contributed by atoms with Crippen molar-refractivity contribution in [1.82, 2.24) is 0 Å². The third-order valence-electron chi connectivity index (χ3n) is 6.34. The molecule has 3 aromatic carbocycles. The minimum Gasteiger partial charge on any atom is -0.0837 e. The lowest BCUT2D eigenvalue weighted by atomic mass is 9.80. The van der Waals surface area contributed by atoms with Crippen molar-refractivity contribution in [2.24, 2.45) is 5.92 Å². The minimum absolute atomic E-state index is 0.488. The lowest BCUT2D eigenvalue weighted by molar-refractivity contribution is 0.742. The molecule has 0 heterocycles. The Kier molecular flexibility index (Phi) is 5.97. The first kappa shape index (κ1) is 20.8. The first-order valence-electron chi connectivity index (χ1n) is 11.5. The molecular formula is C31H27Cl. The van der Waals surface area contributed by atoms with E-state index in [1.807, 2.05) is 12.1 Å². The minimum atomic E-state index is 0.488. The Hall–Kier alpha value is -3.09. The Bertz CT molecular complexity index is 1270. The summed E-state index contributed by atoms with van der Waals surface area (Å²) in [6, 6.07) is 25.8. The summed E-state index contributed by atoms with van der Waals surface area (Å²) in [4.78, 5) is 0. The van der Waals surface area contributed by atoms with E-state index in [9.17, 15) is 0 Å². The summed E-state index contributed by atoms with van der Waals surface area (Å²) < 4.78 is 0. The van der Waals surface area contributed by atoms with Crippen LogP contribution < -0.4 is 0 Å². The lowest BCUT2D eigenvalue weighted by Gasteiger charge is -2.24. The van der Waals surface area contributed by atoms with Crippen molar-refractivity contribution in [3.8, 4) is 11.1 Å². The maximum Gasteiger partial charge on any atom is 0.0484 e. The van der Waals surface area contributed by atoms with Gasteiger partial charge in [-0.05, 0) is 70.2 Å². The van der Waals surface area contributed by atoms with Gasteiger partial charge in [0.15, 0.2) is 0 Å². The van der Waals surface area contributed by atoms with E-state index < -0.39 is 0 Å². The van der Waals surface area contributed by atoms with Gasteiger partial charge >= 0.3 is 0 Å². The lowest BCUT2D eigenvalue weighted by Crippen LogP contribution is -2.03. The van der Waals surface area contributed by atoms with E-state index in [-0.39, 0.29) is 0 Å². The number of benzene rings is 3. The van der Waals surface area contributed by atoms with Crippen molar-refractivity contribution in [1.29, 1.82) is 0 Å². The van der Waals surface area contributed by atoms with Crippen molar-refractivity contribution in [2.45, 2.75) is 26.2 Å². The molecule has 1 atom stereocenters. The zero-order valence-electron chi connectivity index (χ0n) is 18.4. The van der Waals surface area contributed by atoms with E-state index in [2.05, 4.69) is 98.0 Å². The Morgan fingerprint density at radius 2 is 1.28 bits per heavy atom. The van der Waals surface area contributed by atoms with Crippen LogP contribution in [-0.2, 0) is 0 Å². The highest BCUT2D eigenvalue weighted by molar-refractivity contribution is 6.33. The molecule has 0 bridgehead atoms. The monoisotopic (exact) mass is 434 g/mol. The van der Waals surface area contributed by atoms with Gasteiger partial charge in [-0.2, -0.15) is 0 Å². The maximum atomic E-state index is 6.66. The van der Waals surface area contributed by atoms with Crippen molar-refractivity contribution in [3.63, 3.8) is 0 Å². The van der Waals surface area contributed by atoms with E-state index in [1.165, 1.54) is 39.0 Å². The average molecular weight is 435 g/mol. The highest BCUT2D eigenvalue weighted by atomic mass is 35.5. The Morgan fingerprint density at radius 3 is 1.97 bits per heavy atom. The molecule has 0 fully saturated rings. The number of allylic oxidation sites excluding steroid dienone is 8. The third kappa shape index (κ3) is 4.04. The molecule has 1 unspecified atom stereocenters. The topological polar surface area (TPSA) is 0 Å². The molecule has 0 amide bonds. The second kappa shape index (κ2) is 9.18. The van der Waals surface area contributed by atoms with Gasteiger partial charge in [0.2, 0.25) is 0 Å². The standard InChI is InChI=1S/C31H27Cl/c1-22-19-20-28(30(21-22)29-17-9-10-18-31(29)32)27-16-8-7-15-26(27)25-14-6-5-13-24(25)23-11-3-2-4-12-23/h3,5-18,20-22H,2,4,19H2,1H3. The molecule has 0 saturated carbocycles. The molecule has 0 N–H and O–H groups in total. The molecule has 32 heavy (non-hydrogen) atoms. The summed E-state index contributed by atoms with van der Waals surface area (Å²) in [5.41, 5.74) is 10.0. The second-order valence-electron chi connectivity index (χ2n) is 8.62. The molecule has 0 radical (unpaired) electrons. The molecule has 2 aliphatic carbocycles. The van der Waals surface area contributed by atoms with Gasteiger partial charge in [0.25, 0.3) is 0 Å². The molecule has 1 heteroatoms. The molecule has 3 aromatic rings. The van der Waals surface area contributed by atoms with Gasteiger partial charge in [-0.1, -0.05) is 116 Å². The van der Waals surface area contributed by atoms with Crippen LogP contribution >= 0.6 is 11.6 Å². The molecule has 0 spiro atoms. The van der Waals surface area contributed by atoms with E-state index in [0.717, 1.165) is 29.8 Å². The fourth-order valence-corrected chi connectivity index (χ4v) is 5.00. The Labute approximate surface area is 196 Å². The summed E-state index contributed by atoms with van der Waals surface area (Å²) in [5, 5.41) is 0.800. The van der Waals surface area contributed by atoms with E-state index in [4.69, 9.17) is 11.6 Å². The van der Waals surface area contributed by atoms with Crippen LogP contribution in [0.1, 0.15) is 42.9 Å². The molecule has 0 nitrogen and oxygen atoms in total. The van der Waals surface area contributed by atoms with Gasteiger partial charge in [0, 0.05) is 10.6 Å². The number of hydrogen-bond donors (Lipinski definition) is 0. The van der Waals surface area contributed by atoms with Crippen LogP contribution in [0.3, 0.4) is 0 Å². The molecule has 2 aliphatic rings. The fourth-order valence-electron chi connectivity index (χ4n) is 4.76. The highest BCUT2D eigenvalue weighted by Crippen LogP contribution is 2.44. The van der Waals surface area contributed by atoms with Gasteiger partial charge < -0.3 is 0 Å². The van der Waals surface area contributed by atoms with Crippen molar-refractivity contribution in [2.75, 3.05) is 0 Å². The van der Waals surface area contributed by atoms with Crippen LogP contribution in [0.15, 0.2) is 103 Å². The summed E-state index contributed by atoms with van der Waals surface area (Å²) in [6.45, 7) is 2.27. The average Bonchev–Trinajstić information content (AvgIpc) is 2.85. The zero-order valence-corrected chi connectivity index (χ0v) is 19.1. The summed E-state index contributed by atoms with van der Waals surface area (Å²) in [7, 11) is 0. The predicted octanol–water partition coefficient (Wildman–Crippen LogP) is 9.25.